The molecule has 120 valence electrons. The van der Waals surface area contributed by atoms with Gasteiger partial charge in [-0.25, -0.2) is 0 Å². The zero-order chi connectivity index (χ0) is 16.6. The minimum atomic E-state index is -0.496. The standard InChI is InChI=1S/C16H18N4O2S/c1-9-6-10(2)14(11(3)7-9)20-5-4-12(16(20)22)18-15(21)13-8-17-19-23-13/h6-8,12H,4-5H2,1-3H3,(H,18,21). The Morgan fingerprint density at radius 3 is 2.61 bits per heavy atom. The average Bonchev–Trinajstić information content (AvgIpc) is 3.11. The Morgan fingerprint density at radius 2 is 2.00 bits per heavy atom. The van der Waals surface area contributed by atoms with Crippen LogP contribution >= 0.6 is 11.5 Å². The molecule has 6 nitrogen and oxygen atoms in total. The predicted molar refractivity (Wildman–Crippen MR) is 88.8 cm³/mol. The molecule has 1 unspecified atom stereocenters. The number of hydrogen-bond acceptors (Lipinski definition) is 5. The molecule has 0 spiro atoms. The number of benzene rings is 1. The van der Waals surface area contributed by atoms with Crippen LogP contribution in [0.2, 0.25) is 0 Å². The van der Waals surface area contributed by atoms with Crippen molar-refractivity contribution in [2.45, 2.75) is 33.2 Å². The highest BCUT2D eigenvalue weighted by molar-refractivity contribution is 7.07. The van der Waals surface area contributed by atoms with Crippen molar-refractivity contribution in [1.82, 2.24) is 14.9 Å². The van der Waals surface area contributed by atoms with Crippen LogP contribution in [0.5, 0.6) is 0 Å². The van der Waals surface area contributed by atoms with Gasteiger partial charge in [0.1, 0.15) is 10.9 Å². The first-order valence-corrected chi connectivity index (χ1v) is 8.22. The summed E-state index contributed by atoms with van der Waals surface area (Å²) in [7, 11) is 0. The second kappa shape index (κ2) is 6.08. The zero-order valence-electron chi connectivity index (χ0n) is 13.3. The van der Waals surface area contributed by atoms with Crippen LogP contribution in [0.3, 0.4) is 0 Å². The highest BCUT2D eigenvalue weighted by Gasteiger charge is 2.35. The number of nitrogens with one attached hydrogen (secondary N) is 1. The molecule has 1 aromatic heterocycles. The Morgan fingerprint density at radius 1 is 1.30 bits per heavy atom. The maximum absolute atomic E-state index is 12.7. The van der Waals surface area contributed by atoms with Gasteiger partial charge in [0.15, 0.2) is 0 Å². The van der Waals surface area contributed by atoms with Gasteiger partial charge in [-0.3, -0.25) is 9.59 Å². The third-order valence-electron chi connectivity index (χ3n) is 4.00. The molecule has 1 aliphatic rings. The van der Waals surface area contributed by atoms with Crippen LogP contribution in [0.15, 0.2) is 18.3 Å². The summed E-state index contributed by atoms with van der Waals surface area (Å²) in [5.41, 5.74) is 4.29. The van der Waals surface area contributed by atoms with E-state index < -0.39 is 6.04 Å². The van der Waals surface area contributed by atoms with E-state index in [1.807, 2.05) is 20.8 Å². The molecule has 0 radical (unpaired) electrons. The third-order valence-corrected chi connectivity index (χ3v) is 4.66. The highest BCUT2D eigenvalue weighted by Crippen LogP contribution is 2.30. The normalized spacial score (nSPS) is 17.6. The predicted octanol–water partition coefficient (Wildman–Crippen LogP) is 2.00. The number of nitrogens with zero attached hydrogens (tertiary/aromatic N) is 3. The van der Waals surface area contributed by atoms with Crippen molar-refractivity contribution in [2.75, 3.05) is 11.4 Å². The minimum absolute atomic E-state index is 0.0640. The summed E-state index contributed by atoms with van der Waals surface area (Å²) >= 11 is 1.02. The molecule has 1 atom stereocenters. The molecule has 1 fully saturated rings. The monoisotopic (exact) mass is 330 g/mol. The van der Waals surface area contributed by atoms with E-state index >= 15 is 0 Å². The van der Waals surface area contributed by atoms with E-state index in [1.54, 1.807) is 4.90 Å². The molecule has 23 heavy (non-hydrogen) atoms. The Hall–Kier alpha value is -2.28. The van der Waals surface area contributed by atoms with Gasteiger partial charge in [0.2, 0.25) is 5.91 Å². The van der Waals surface area contributed by atoms with Crippen LogP contribution in [0.1, 0.15) is 32.8 Å². The smallest absolute Gasteiger partial charge is 0.265 e. The number of amides is 2. The molecule has 1 aromatic carbocycles. The molecule has 2 aromatic rings. The van der Waals surface area contributed by atoms with Crippen LogP contribution in [0.25, 0.3) is 0 Å². The maximum Gasteiger partial charge on any atom is 0.265 e. The summed E-state index contributed by atoms with van der Waals surface area (Å²) in [6.07, 6.45) is 2.01. The Kier molecular flexibility index (Phi) is 4.12. The summed E-state index contributed by atoms with van der Waals surface area (Å²) in [6.45, 7) is 6.67. The Bertz CT molecular complexity index is 734. The van der Waals surface area contributed by atoms with E-state index in [1.165, 1.54) is 11.8 Å². The number of anilines is 1. The molecule has 7 heteroatoms. The minimum Gasteiger partial charge on any atom is -0.339 e. The van der Waals surface area contributed by atoms with Crippen molar-refractivity contribution >= 4 is 29.0 Å². The quantitative estimate of drug-likeness (QED) is 0.934. The van der Waals surface area contributed by atoms with Crippen molar-refractivity contribution in [3.05, 3.63) is 39.9 Å². The molecular weight excluding hydrogens is 312 g/mol. The Balaban J connectivity index is 1.78. The molecule has 0 aliphatic carbocycles. The van der Waals surface area contributed by atoms with Gasteiger partial charge in [-0.15, -0.1) is 5.10 Å². The van der Waals surface area contributed by atoms with Crippen LogP contribution in [0, 0.1) is 20.8 Å². The second-order valence-corrected chi connectivity index (χ2v) is 6.62. The van der Waals surface area contributed by atoms with Gasteiger partial charge < -0.3 is 10.2 Å². The first-order valence-electron chi connectivity index (χ1n) is 7.45. The number of aromatic nitrogens is 2. The number of hydrogen-bond donors (Lipinski definition) is 1. The molecule has 0 bridgehead atoms. The number of rotatable bonds is 3. The highest BCUT2D eigenvalue weighted by atomic mass is 32.1. The van der Waals surface area contributed by atoms with Crippen molar-refractivity contribution < 1.29 is 9.59 Å². The fraction of sp³-hybridized carbons (Fsp3) is 0.375. The summed E-state index contributed by atoms with van der Waals surface area (Å²) in [6, 6.07) is 3.65. The summed E-state index contributed by atoms with van der Waals surface area (Å²) < 4.78 is 3.67. The number of aryl methyl sites for hydroxylation is 3. The molecule has 0 saturated carbocycles. The van der Waals surface area contributed by atoms with E-state index in [9.17, 15) is 9.59 Å². The summed E-state index contributed by atoms with van der Waals surface area (Å²) in [4.78, 5) is 27.0. The molecule has 2 heterocycles. The van der Waals surface area contributed by atoms with Crippen molar-refractivity contribution in [1.29, 1.82) is 0 Å². The lowest BCUT2D eigenvalue weighted by molar-refractivity contribution is -0.118. The van der Waals surface area contributed by atoms with E-state index in [0.717, 1.165) is 28.3 Å². The van der Waals surface area contributed by atoms with Crippen molar-refractivity contribution in [3.8, 4) is 0 Å². The van der Waals surface area contributed by atoms with E-state index in [4.69, 9.17) is 0 Å². The van der Waals surface area contributed by atoms with Gasteiger partial charge in [0, 0.05) is 12.2 Å². The van der Waals surface area contributed by atoms with Crippen molar-refractivity contribution in [2.24, 2.45) is 0 Å². The largest absolute Gasteiger partial charge is 0.339 e. The average molecular weight is 330 g/mol. The van der Waals surface area contributed by atoms with Crippen LogP contribution in [-0.4, -0.2) is 34.0 Å². The summed E-state index contributed by atoms with van der Waals surface area (Å²) in [5, 5.41) is 6.42. The van der Waals surface area contributed by atoms with Gasteiger partial charge in [0.05, 0.1) is 6.20 Å². The third kappa shape index (κ3) is 2.96. The SMILES string of the molecule is Cc1cc(C)c(N2CCC(NC(=O)c3cnns3)C2=O)c(C)c1. The first-order chi connectivity index (χ1) is 11.0. The van der Waals surface area contributed by atoms with Crippen LogP contribution in [-0.2, 0) is 4.79 Å². The van der Waals surface area contributed by atoms with Crippen LogP contribution in [0.4, 0.5) is 5.69 Å². The topological polar surface area (TPSA) is 75.2 Å². The van der Waals surface area contributed by atoms with Crippen LogP contribution < -0.4 is 10.2 Å². The molecule has 1 N–H and O–H groups in total. The van der Waals surface area contributed by atoms with E-state index in [-0.39, 0.29) is 11.8 Å². The molecule has 1 aliphatic heterocycles. The molecule has 1 saturated heterocycles. The molecule has 3 rings (SSSR count). The fourth-order valence-corrected chi connectivity index (χ4v) is 3.55. The number of carbonyl (C=O) groups excluding carboxylic acids is 2. The van der Waals surface area contributed by atoms with Gasteiger partial charge >= 0.3 is 0 Å². The lowest BCUT2D eigenvalue weighted by Crippen LogP contribution is -2.41. The van der Waals surface area contributed by atoms with Gasteiger partial charge in [0.25, 0.3) is 5.91 Å². The first kappa shape index (κ1) is 15.6. The van der Waals surface area contributed by atoms with Gasteiger partial charge in [-0.2, -0.15) is 0 Å². The van der Waals surface area contributed by atoms with Gasteiger partial charge in [-0.1, -0.05) is 22.2 Å². The lowest BCUT2D eigenvalue weighted by atomic mass is 10.0. The fourth-order valence-electron chi connectivity index (χ4n) is 3.13. The summed E-state index contributed by atoms with van der Waals surface area (Å²) in [5.74, 6) is -0.358. The van der Waals surface area contributed by atoms with Gasteiger partial charge in [-0.05, 0) is 49.9 Å². The maximum atomic E-state index is 12.7. The van der Waals surface area contributed by atoms with E-state index in [2.05, 4.69) is 27.0 Å². The zero-order valence-corrected chi connectivity index (χ0v) is 14.1. The molecular formula is C16H18N4O2S. The second-order valence-electron chi connectivity index (χ2n) is 5.83. The van der Waals surface area contributed by atoms with E-state index in [0.29, 0.717) is 17.8 Å². The Labute approximate surface area is 138 Å². The van der Waals surface area contributed by atoms with Crippen molar-refractivity contribution in [3.63, 3.8) is 0 Å². The lowest BCUT2D eigenvalue weighted by Gasteiger charge is -2.22. The number of carbonyl (C=O) groups is 2. The molecule has 2 amide bonds.